The van der Waals surface area contributed by atoms with Crippen LogP contribution in [-0.4, -0.2) is 32.3 Å². The third-order valence-electron chi connectivity index (χ3n) is 5.40. The molecule has 6 heteroatoms. The van der Waals surface area contributed by atoms with Gasteiger partial charge >= 0.3 is 0 Å². The predicted octanol–water partition coefficient (Wildman–Crippen LogP) is 3.52. The first-order valence-corrected chi connectivity index (χ1v) is 9.43. The van der Waals surface area contributed by atoms with Crippen LogP contribution < -0.4 is 0 Å². The number of carbonyl (C=O) groups is 1. The predicted molar refractivity (Wildman–Crippen MR) is 104 cm³/mol. The maximum Gasteiger partial charge on any atom is 0.229 e. The third-order valence-corrected chi connectivity index (χ3v) is 5.40. The van der Waals surface area contributed by atoms with Crippen molar-refractivity contribution in [2.24, 2.45) is 0 Å². The van der Waals surface area contributed by atoms with E-state index in [1.165, 1.54) is 11.3 Å². The fourth-order valence-electron chi connectivity index (χ4n) is 3.75. The van der Waals surface area contributed by atoms with Crippen LogP contribution in [0.25, 0.3) is 11.0 Å². The van der Waals surface area contributed by atoms with Gasteiger partial charge in [0.05, 0.1) is 18.2 Å². The lowest BCUT2D eigenvalue weighted by Gasteiger charge is -2.30. The van der Waals surface area contributed by atoms with E-state index in [0.29, 0.717) is 18.8 Å². The van der Waals surface area contributed by atoms with E-state index in [1.54, 1.807) is 0 Å². The molecule has 0 unspecified atom stereocenters. The first-order chi connectivity index (χ1) is 12.7. The first-order valence-electron chi connectivity index (χ1n) is 9.43. The van der Waals surface area contributed by atoms with Crippen LogP contribution in [0.4, 0.5) is 0 Å². The Morgan fingerprint density at radius 1 is 1.22 bits per heavy atom. The largest absolute Gasteiger partial charge is 0.356 e. The molecule has 1 aliphatic rings. The van der Waals surface area contributed by atoms with Crippen molar-refractivity contribution in [3.05, 3.63) is 46.4 Å². The molecule has 3 aromatic rings. The van der Waals surface area contributed by atoms with Gasteiger partial charge in [-0.2, -0.15) is 5.10 Å². The minimum Gasteiger partial charge on any atom is -0.356 e. The highest BCUT2D eigenvalue weighted by Gasteiger charge is 2.28. The van der Waals surface area contributed by atoms with E-state index in [0.717, 1.165) is 28.5 Å². The van der Waals surface area contributed by atoms with Crippen molar-refractivity contribution < 1.29 is 9.32 Å². The maximum atomic E-state index is 12.9. The second kappa shape index (κ2) is 6.22. The Labute approximate surface area is 159 Å². The van der Waals surface area contributed by atoms with Gasteiger partial charge in [0.1, 0.15) is 5.69 Å². The van der Waals surface area contributed by atoms with E-state index < -0.39 is 0 Å². The molecule has 27 heavy (non-hydrogen) atoms. The van der Waals surface area contributed by atoms with Gasteiger partial charge in [-0.3, -0.25) is 9.48 Å². The molecule has 0 N–H and O–H groups in total. The Kier molecular flexibility index (Phi) is 4.09. The molecule has 142 valence electrons. The standard InChI is InChI=1S/C21H26N4O2/c1-13-8-16-17(23-27-19(16)9-14(13)2)10-20(26)24-7-6-18-15(12-24)11-22-25(18)21(3,4)5/h8-9,11H,6-7,10,12H2,1-5H3. The van der Waals surface area contributed by atoms with Gasteiger partial charge in [-0.25, -0.2) is 0 Å². The molecule has 3 heterocycles. The molecular formula is C21H26N4O2. The highest BCUT2D eigenvalue weighted by Crippen LogP contribution is 2.26. The molecule has 0 saturated carbocycles. The van der Waals surface area contributed by atoms with Crippen molar-refractivity contribution in [3.8, 4) is 0 Å². The Morgan fingerprint density at radius 2 is 1.96 bits per heavy atom. The molecule has 1 aromatic carbocycles. The summed E-state index contributed by atoms with van der Waals surface area (Å²) >= 11 is 0. The Balaban J connectivity index is 1.53. The number of nitrogens with zero attached hydrogens (tertiary/aromatic N) is 4. The summed E-state index contributed by atoms with van der Waals surface area (Å²) in [6.07, 6.45) is 2.99. The monoisotopic (exact) mass is 366 g/mol. The summed E-state index contributed by atoms with van der Waals surface area (Å²) in [5.74, 6) is 0.0811. The summed E-state index contributed by atoms with van der Waals surface area (Å²) < 4.78 is 7.52. The molecule has 0 saturated heterocycles. The summed E-state index contributed by atoms with van der Waals surface area (Å²) in [5.41, 5.74) is 6.13. The van der Waals surface area contributed by atoms with Gasteiger partial charge in [0.2, 0.25) is 5.91 Å². The molecule has 0 aliphatic carbocycles. The van der Waals surface area contributed by atoms with Crippen LogP contribution in [-0.2, 0) is 29.7 Å². The molecule has 1 aliphatic heterocycles. The number of benzene rings is 1. The quantitative estimate of drug-likeness (QED) is 0.696. The number of amides is 1. The van der Waals surface area contributed by atoms with Crippen LogP contribution in [0, 0.1) is 13.8 Å². The number of aryl methyl sites for hydroxylation is 2. The summed E-state index contributed by atoms with van der Waals surface area (Å²) in [6, 6.07) is 4.05. The molecule has 1 amide bonds. The van der Waals surface area contributed by atoms with E-state index >= 15 is 0 Å². The zero-order chi connectivity index (χ0) is 19.3. The van der Waals surface area contributed by atoms with Gasteiger partial charge in [-0.1, -0.05) is 5.16 Å². The molecule has 0 bridgehead atoms. The van der Waals surface area contributed by atoms with Crippen molar-refractivity contribution >= 4 is 16.9 Å². The van der Waals surface area contributed by atoms with Crippen molar-refractivity contribution in [2.45, 2.75) is 59.5 Å². The molecule has 0 atom stereocenters. The smallest absolute Gasteiger partial charge is 0.229 e. The lowest BCUT2D eigenvalue weighted by Crippen LogP contribution is -2.38. The minimum atomic E-state index is -0.0462. The van der Waals surface area contributed by atoms with Gasteiger partial charge in [-0.15, -0.1) is 0 Å². The highest BCUT2D eigenvalue weighted by molar-refractivity contribution is 5.87. The Bertz CT molecular complexity index is 1020. The normalized spacial score (nSPS) is 14.6. The number of aromatic nitrogens is 3. The van der Waals surface area contributed by atoms with Gasteiger partial charge < -0.3 is 9.42 Å². The van der Waals surface area contributed by atoms with E-state index in [4.69, 9.17) is 4.52 Å². The average Bonchev–Trinajstić information content (AvgIpc) is 3.19. The average molecular weight is 366 g/mol. The van der Waals surface area contributed by atoms with Crippen LogP contribution in [0.5, 0.6) is 0 Å². The van der Waals surface area contributed by atoms with Gasteiger partial charge in [-0.05, 0) is 57.9 Å². The van der Waals surface area contributed by atoms with Gasteiger partial charge in [0, 0.05) is 36.2 Å². The molecule has 0 spiro atoms. The van der Waals surface area contributed by atoms with Crippen LogP contribution in [0.2, 0.25) is 0 Å². The molecule has 0 fully saturated rings. The lowest BCUT2D eigenvalue weighted by molar-refractivity contribution is -0.131. The van der Waals surface area contributed by atoms with E-state index in [1.807, 2.05) is 24.1 Å². The minimum absolute atomic E-state index is 0.0462. The number of fused-ring (bicyclic) bond motifs is 2. The number of hydrogen-bond donors (Lipinski definition) is 0. The van der Waals surface area contributed by atoms with Crippen LogP contribution in [0.1, 0.15) is 48.8 Å². The number of carbonyl (C=O) groups excluding carboxylic acids is 1. The van der Waals surface area contributed by atoms with E-state index in [9.17, 15) is 4.79 Å². The second-order valence-electron chi connectivity index (χ2n) is 8.50. The lowest BCUT2D eigenvalue weighted by atomic mass is 10.0. The van der Waals surface area contributed by atoms with E-state index in [2.05, 4.69) is 48.7 Å². The fraction of sp³-hybridized carbons (Fsp3) is 0.476. The molecule has 2 aromatic heterocycles. The fourth-order valence-corrected chi connectivity index (χ4v) is 3.75. The summed E-state index contributed by atoms with van der Waals surface area (Å²) in [4.78, 5) is 14.8. The molecular weight excluding hydrogens is 340 g/mol. The Morgan fingerprint density at radius 3 is 2.70 bits per heavy atom. The van der Waals surface area contributed by atoms with Gasteiger partial charge in [0.15, 0.2) is 5.58 Å². The second-order valence-corrected chi connectivity index (χ2v) is 8.50. The van der Waals surface area contributed by atoms with Crippen molar-refractivity contribution in [1.29, 1.82) is 0 Å². The van der Waals surface area contributed by atoms with Crippen LogP contribution in [0.3, 0.4) is 0 Å². The number of hydrogen-bond acceptors (Lipinski definition) is 4. The first kappa shape index (κ1) is 17.8. The van der Waals surface area contributed by atoms with Gasteiger partial charge in [0.25, 0.3) is 0 Å². The zero-order valence-corrected chi connectivity index (χ0v) is 16.7. The highest BCUT2D eigenvalue weighted by atomic mass is 16.5. The SMILES string of the molecule is Cc1cc2onc(CC(=O)N3CCc4c(cnn4C(C)(C)C)C3)c2cc1C. The van der Waals surface area contributed by atoms with Crippen molar-refractivity contribution in [2.75, 3.05) is 6.54 Å². The van der Waals surface area contributed by atoms with E-state index in [-0.39, 0.29) is 17.9 Å². The van der Waals surface area contributed by atoms with Crippen LogP contribution >= 0.6 is 0 Å². The summed E-state index contributed by atoms with van der Waals surface area (Å²) in [6.45, 7) is 11.9. The summed E-state index contributed by atoms with van der Waals surface area (Å²) in [7, 11) is 0. The topological polar surface area (TPSA) is 64.2 Å². The maximum absolute atomic E-state index is 12.9. The molecule has 4 rings (SSSR count). The van der Waals surface area contributed by atoms with Crippen LogP contribution in [0.15, 0.2) is 22.9 Å². The molecule has 0 radical (unpaired) electrons. The van der Waals surface area contributed by atoms with Crippen molar-refractivity contribution in [1.82, 2.24) is 19.8 Å². The third kappa shape index (κ3) is 3.13. The van der Waals surface area contributed by atoms with Crippen molar-refractivity contribution in [3.63, 3.8) is 0 Å². The Hall–Kier alpha value is -2.63. The molecule has 6 nitrogen and oxygen atoms in total. The zero-order valence-electron chi connectivity index (χ0n) is 16.7. The summed E-state index contributed by atoms with van der Waals surface area (Å²) in [5, 5.41) is 9.64. The number of rotatable bonds is 2.